The second-order valence-corrected chi connectivity index (χ2v) is 0.250. The Kier molecular flexibility index (Phi) is 53.7. The minimum atomic E-state index is -2.33. The van der Waals surface area contributed by atoms with Crippen LogP contribution >= 0.6 is 0 Å². The maximum Gasteiger partial charge on any atom is 2.00 e. The Balaban J connectivity index is -0.0000000150. The zero-order chi connectivity index (χ0) is 3.58. The fraction of sp³-hybridized carbons (Fsp3) is 0. The molecule has 0 saturated heterocycles. The van der Waals surface area contributed by atoms with Crippen LogP contribution in [0.2, 0.25) is 0 Å². The number of hydrogen-bond donors (Lipinski definition) is 0. The van der Waals surface area contributed by atoms with Gasteiger partial charge in [-0.05, 0) is 6.16 Å². The molecule has 7 heavy (non-hydrogen) atoms. The van der Waals surface area contributed by atoms with Gasteiger partial charge in [0.2, 0.25) is 0 Å². The van der Waals surface area contributed by atoms with Gasteiger partial charge >= 0.3 is 60.8 Å². The molecule has 0 bridgehead atoms. The predicted octanol–water partition coefficient (Wildman–Crippen LogP) is -4.03. The van der Waals surface area contributed by atoms with Crippen LogP contribution in [-0.2, 0) is 0 Å². The molecule has 0 saturated carbocycles. The average Bonchev–Trinajstić information content (AvgIpc) is 0.811. The van der Waals surface area contributed by atoms with Crippen LogP contribution in [-0.4, -0.2) is 72.4 Å². The minimum Gasteiger partial charge on any atom is -0.652 e. The number of hydrogen-bond acceptors (Lipinski definition) is 3. The van der Waals surface area contributed by atoms with E-state index in [2.05, 4.69) is 0 Å². The summed E-state index contributed by atoms with van der Waals surface area (Å²) in [5.41, 5.74) is 0. The first-order chi connectivity index (χ1) is 1.73. The molecule has 32 valence electrons. The van der Waals surface area contributed by atoms with Gasteiger partial charge in [-0.1, -0.05) is 0 Å². The minimum absolute atomic E-state index is 0. The van der Waals surface area contributed by atoms with E-state index < -0.39 is 6.16 Å². The molecule has 0 aliphatic rings. The van der Waals surface area contributed by atoms with Crippen LogP contribution in [0.4, 0.5) is 4.79 Å². The van der Waals surface area contributed by atoms with E-state index in [0.29, 0.717) is 0 Å². The Morgan fingerprint density at radius 1 is 1.29 bits per heavy atom. The van der Waals surface area contributed by atoms with Crippen molar-refractivity contribution in [3.05, 3.63) is 0 Å². The fourth-order valence-corrected chi connectivity index (χ4v) is 0. The fourth-order valence-electron chi connectivity index (χ4n) is 0. The van der Waals surface area contributed by atoms with Gasteiger partial charge in [0.25, 0.3) is 0 Å². The molecule has 2 N–H and O–H groups in total. The van der Waals surface area contributed by atoms with E-state index >= 15 is 0 Å². The van der Waals surface area contributed by atoms with E-state index in [4.69, 9.17) is 15.0 Å². The second-order valence-electron chi connectivity index (χ2n) is 0.250. The van der Waals surface area contributed by atoms with Crippen molar-refractivity contribution in [3.63, 3.8) is 0 Å². The van der Waals surface area contributed by atoms with Gasteiger partial charge in [-0.25, -0.2) is 0 Å². The molecule has 6 heteroatoms. The van der Waals surface area contributed by atoms with Crippen LogP contribution in [0.25, 0.3) is 0 Å². The van der Waals surface area contributed by atoms with E-state index in [1.165, 1.54) is 0 Å². The smallest absolute Gasteiger partial charge is 0.652 e. The molecular weight excluding hydrogens is 140 g/mol. The van der Waals surface area contributed by atoms with Gasteiger partial charge < -0.3 is 20.5 Å². The first-order valence-electron chi connectivity index (χ1n) is 0.612. The third-order valence-corrected chi connectivity index (χ3v) is 0. The molecule has 0 atom stereocenters. The number of carbonyl (C=O) groups is 1. The number of carboxylic acid groups (broad SMARTS) is 2. The maximum absolute atomic E-state index is 8.33. The summed E-state index contributed by atoms with van der Waals surface area (Å²) in [6.45, 7) is 0. The van der Waals surface area contributed by atoms with Gasteiger partial charge in [0.1, 0.15) is 0 Å². The van der Waals surface area contributed by atoms with Crippen LogP contribution in [0.5, 0.6) is 0 Å². The Bertz CT molecular complexity index is 34.7. The van der Waals surface area contributed by atoms with Gasteiger partial charge in [-0.3, -0.25) is 0 Å². The van der Waals surface area contributed by atoms with Gasteiger partial charge in [0, 0.05) is 0 Å². The van der Waals surface area contributed by atoms with Crippen LogP contribution in [0.15, 0.2) is 0 Å². The molecule has 0 aromatic carbocycles. The normalized spacial score (nSPS) is 3.43. The molecule has 0 aromatic rings. The van der Waals surface area contributed by atoms with Crippen LogP contribution in [0, 0.1) is 0 Å². The summed E-state index contributed by atoms with van der Waals surface area (Å²) >= 11 is 0. The predicted molar refractivity (Wildman–Crippen MR) is 20.5 cm³/mol. The largest absolute Gasteiger partial charge is 2.00 e. The molecule has 0 fully saturated rings. The van der Waals surface area contributed by atoms with Gasteiger partial charge in [-0.2, -0.15) is 0 Å². The summed E-state index contributed by atoms with van der Waals surface area (Å²) in [7, 11) is 0. The van der Waals surface area contributed by atoms with Gasteiger partial charge in [-0.15, -0.1) is 0 Å². The standard InChI is InChI=1S/CH2O3.Ca.Mg.H2O/c2-1(3)4;;;/h(H2,2,3,4);;;1H2/q;2*+2;/p-2. The van der Waals surface area contributed by atoms with Gasteiger partial charge in [0.15, 0.2) is 0 Å². The van der Waals surface area contributed by atoms with E-state index in [0.717, 1.165) is 0 Å². The third kappa shape index (κ3) is 127. The van der Waals surface area contributed by atoms with Crippen molar-refractivity contribution in [1.29, 1.82) is 0 Å². The van der Waals surface area contributed by atoms with Crippen molar-refractivity contribution in [2.24, 2.45) is 0 Å². The molecule has 0 unspecified atom stereocenters. The van der Waals surface area contributed by atoms with Crippen molar-refractivity contribution in [2.45, 2.75) is 0 Å². The number of carbonyl (C=O) groups excluding carboxylic acids is 1. The summed E-state index contributed by atoms with van der Waals surface area (Å²) in [6.07, 6.45) is -2.33. The first kappa shape index (κ1) is 24.0. The molecule has 0 amide bonds. The van der Waals surface area contributed by atoms with Crippen LogP contribution < -0.4 is 10.2 Å². The van der Waals surface area contributed by atoms with E-state index in [1.807, 2.05) is 0 Å². The van der Waals surface area contributed by atoms with Crippen molar-refractivity contribution < 1.29 is 20.5 Å². The number of rotatable bonds is 0. The third-order valence-electron chi connectivity index (χ3n) is 0. The monoisotopic (exact) mass is 142 g/mol. The molecule has 0 aliphatic heterocycles. The Morgan fingerprint density at radius 3 is 1.29 bits per heavy atom. The van der Waals surface area contributed by atoms with E-state index in [1.54, 1.807) is 0 Å². The summed E-state index contributed by atoms with van der Waals surface area (Å²) in [5, 5.41) is 16.7. The SMILES string of the molecule is O.O=C([O-])[O-].[Ca+2].[Mg+2]. The topological polar surface area (TPSA) is 94.7 Å². The molecule has 0 aliphatic carbocycles. The van der Waals surface area contributed by atoms with Crippen molar-refractivity contribution in [3.8, 4) is 0 Å². The molecule has 4 nitrogen and oxygen atoms in total. The molecule has 0 heterocycles. The van der Waals surface area contributed by atoms with Crippen molar-refractivity contribution in [2.75, 3.05) is 0 Å². The molecular formula is CH2CaMgO4+2. The molecule has 0 spiro atoms. The maximum atomic E-state index is 8.33. The summed E-state index contributed by atoms with van der Waals surface area (Å²) in [6, 6.07) is 0. The summed E-state index contributed by atoms with van der Waals surface area (Å²) < 4.78 is 0. The van der Waals surface area contributed by atoms with Crippen molar-refractivity contribution in [1.82, 2.24) is 0 Å². The molecule has 0 radical (unpaired) electrons. The molecule has 0 aromatic heterocycles. The molecule has 0 rings (SSSR count). The van der Waals surface area contributed by atoms with E-state index in [-0.39, 0.29) is 66.3 Å². The quantitative estimate of drug-likeness (QED) is 0.322. The van der Waals surface area contributed by atoms with E-state index in [9.17, 15) is 0 Å². The Hall–Kier alpha value is 1.26. The van der Waals surface area contributed by atoms with Crippen LogP contribution in [0.1, 0.15) is 0 Å². The summed E-state index contributed by atoms with van der Waals surface area (Å²) in [4.78, 5) is 8.33. The van der Waals surface area contributed by atoms with Gasteiger partial charge in [0.05, 0.1) is 0 Å². The Labute approximate surface area is 86.4 Å². The van der Waals surface area contributed by atoms with Crippen molar-refractivity contribution >= 4 is 66.9 Å². The summed E-state index contributed by atoms with van der Waals surface area (Å²) in [5.74, 6) is 0. The van der Waals surface area contributed by atoms with Crippen LogP contribution in [0.3, 0.4) is 0 Å². The first-order valence-corrected chi connectivity index (χ1v) is 0.612. The zero-order valence-corrected chi connectivity index (χ0v) is 7.26. The average molecular weight is 142 g/mol. The second kappa shape index (κ2) is 15.7. The zero-order valence-electron chi connectivity index (χ0n) is 3.64. The Morgan fingerprint density at radius 2 is 1.29 bits per heavy atom.